The van der Waals surface area contributed by atoms with Gasteiger partial charge in [-0.3, -0.25) is 9.59 Å². The number of primary amides is 1. The van der Waals surface area contributed by atoms with Crippen LogP contribution < -0.4 is 11.1 Å². The first-order chi connectivity index (χ1) is 12.6. The number of nitrogens with two attached hydrogens (primary N) is 1. The highest BCUT2D eigenvalue weighted by atomic mass is 16.2. The molecule has 2 amide bonds. The minimum atomic E-state index is -0.492. The molecular weight excluding hydrogens is 332 g/mol. The van der Waals surface area contributed by atoms with Crippen LogP contribution in [0.4, 0.5) is 0 Å². The Kier molecular flexibility index (Phi) is 5.73. The van der Waals surface area contributed by atoms with E-state index in [0.717, 1.165) is 19.3 Å². The molecule has 3 N–H and O–H groups in total. The van der Waals surface area contributed by atoms with Crippen molar-refractivity contribution >= 4 is 11.8 Å². The highest BCUT2D eigenvalue weighted by Gasteiger charge is 2.10. The fraction of sp³-hybridized carbons (Fsp3) is 0.389. The molecule has 8 nitrogen and oxygen atoms in total. The fourth-order valence-electron chi connectivity index (χ4n) is 2.89. The lowest BCUT2D eigenvalue weighted by Crippen LogP contribution is -2.29. The standard InChI is InChI=1S/C18H22N6O2/c19-17(26)14-6-8-15(9-7-14)18-21-23-24(22-18)12-16(25)20-11-10-13-4-2-1-3-5-13/h4,6-9H,1-3,5,10-12H2,(H2,19,26)(H,20,25). The smallest absolute Gasteiger partial charge is 0.248 e. The summed E-state index contributed by atoms with van der Waals surface area (Å²) in [5.74, 6) is -0.246. The molecular formula is C18H22N6O2. The van der Waals surface area contributed by atoms with Crippen molar-refractivity contribution in [3.8, 4) is 11.4 Å². The van der Waals surface area contributed by atoms with E-state index < -0.39 is 5.91 Å². The number of benzene rings is 1. The average molecular weight is 354 g/mol. The molecule has 136 valence electrons. The number of carbonyl (C=O) groups is 2. The molecule has 0 spiro atoms. The van der Waals surface area contributed by atoms with Crippen LogP contribution in [0.15, 0.2) is 35.9 Å². The van der Waals surface area contributed by atoms with Crippen molar-refractivity contribution in [2.75, 3.05) is 6.54 Å². The van der Waals surface area contributed by atoms with Crippen molar-refractivity contribution in [2.24, 2.45) is 5.73 Å². The third-order valence-corrected chi connectivity index (χ3v) is 4.32. The van der Waals surface area contributed by atoms with E-state index in [4.69, 9.17) is 5.73 Å². The largest absolute Gasteiger partial charge is 0.366 e. The second kappa shape index (κ2) is 8.37. The van der Waals surface area contributed by atoms with Gasteiger partial charge in [-0.25, -0.2) is 0 Å². The fourth-order valence-corrected chi connectivity index (χ4v) is 2.89. The van der Waals surface area contributed by atoms with E-state index in [1.54, 1.807) is 24.3 Å². The van der Waals surface area contributed by atoms with Crippen LogP contribution in [0.3, 0.4) is 0 Å². The van der Waals surface area contributed by atoms with Gasteiger partial charge >= 0.3 is 0 Å². The van der Waals surface area contributed by atoms with Crippen molar-refractivity contribution in [1.29, 1.82) is 0 Å². The Morgan fingerprint density at radius 3 is 2.69 bits per heavy atom. The van der Waals surface area contributed by atoms with Crippen molar-refractivity contribution in [1.82, 2.24) is 25.5 Å². The van der Waals surface area contributed by atoms with E-state index >= 15 is 0 Å². The maximum atomic E-state index is 12.0. The maximum Gasteiger partial charge on any atom is 0.248 e. The molecule has 1 aromatic carbocycles. The molecule has 1 aliphatic carbocycles. The van der Waals surface area contributed by atoms with Crippen LogP contribution in [0.5, 0.6) is 0 Å². The van der Waals surface area contributed by atoms with Crippen LogP contribution in [-0.2, 0) is 11.3 Å². The van der Waals surface area contributed by atoms with Crippen LogP contribution in [0.2, 0.25) is 0 Å². The highest BCUT2D eigenvalue weighted by molar-refractivity contribution is 5.93. The number of allylic oxidation sites excluding steroid dienone is 1. The predicted octanol–water partition coefficient (Wildman–Crippen LogP) is 1.45. The van der Waals surface area contributed by atoms with Crippen molar-refractivity contribution < 1.29 is 9.59 Å². The monoisotopic (exact) mass is 354 g/mol. The van der Waals surface area contributed by atoms with E-state index in [0.29, 0.717) is 23.5 Å². The van der Waals surface area contributed by atoms with Gasteiger partial charge in [-0.1, -0.05) is 23.8 Å². The molecule has 8 heteroatoms. The summed E-state index contributed by atoms with van der Waals surface area (Å²) >= 11 is 0. The van der Waals surface area contributed by atoms with Gasteiger partial charge < -0.3 is 11.1 Å². The molecule has 1 aromatic heterocycles. The molecule has 26 heavy (non-hydrogen) atoms. The normalized spacial score (nSPS) is 13.9. The van der Waals surface area contributed by atoms with Gasteiger partial charge in [0.15, 0.2) is 0 Å². The Morgan fingerprint density at radius 2 is 2.00 bits per heavy atom. The molecule has 1 aliphatic rings. The summed E-state index contributed by atoms with van der Waals surface area (Å²) < 4.78 is 0. The Bertz CT molecular complexity index is 809. The van der Waals surface area contributed by atoms with Crippen LogP contribution in [0.1, 0.15) is 42.5 Å². The number of nitrogens with one attached hydrogen (secondary N) is 1. The number of aromatic nitrogens is 4. The summed E-state index contributed by atoms with van der Waals surface area (Å²) in [5.41, 5.74) is 7.75. The summed E-state index contributed by atoms with van der Waals surface area (Å²) in [7, 11) is 0. The molecule has 1 heterocycles. The first kappa shape index (κ1) is 17.8. The lowest BCUT2D eigenvalue weighted by atomic mass is 9.97. The molecule has 2 aromatic rings. The number of carbonyl (C=O) groups excluding carboxylic acids is 2. The van der Waals surface area contributed by atoms with E-state index in [-0.39, 0.29) is 12.5 Å². The van der Waals surface area contributed by atoms with Gasteiger partial charge in [0.25, 0.3) is 0 Å². The summed E-state index contributed by atoms with van der Waals surface area (Å²) in [6, 6.07) is 6.59. The molecule has 3 rings (SSSR count). The summed E-state index contributed by atoms with van der Waals surface area (Å²) in [5, 5.41) is 14.9. The number of nitrogens with zero attached hydrogens (tertiary/aromatic N) is 4. The minimum Gasteiger partial charge on any atom is -0.366 e. The van der Waals surface area contributed by atoms with Crippen LogP contribution in [0.25, 0.3) is 11.4 Å². The van der Waals surface area contributed by atoms with Crippen LogP contribution in [-0.4, -0.2) is 38.6 Å². The Labute approximate surface area is 151 Å². The van der Waals surface area contributed by atoms with Crippen molar-refractivity contribution in [3.63, 3.8) is 0 Å². The molecule has 0 atom stereocenters. The van der Waals surface area contributed by atoms with Crippen LogP contribution >= 0.6 is 0 Å². The number of hydrogen-bond acceptors (Lipinski definition) is 5. The molecule has 0 saturated carbocycles. The van der Waals surface area contributed by atoms with E-state index in [9.17, 15) is 9.59 Å². The van der Waals surface area contributed by atoms with Gasteiger partial charge in [0.2, 0.25) is 17.6 Å². The Hall–Kier alpha value is -3.03. The predicted molar refractivity (Wildman–Crippen MR) is 95.9 cm³/mol. The molecule has 0 radical (unpaired) electrons. The zero-order valence-corrected chi connectivity index (χ0v) is 14.5. The SMILES string of the molecule is NC(=O)c1ccc(-c2nnn(CC(=O)NCCC3=CCCCC3)n2)cc1. The van der Waals surface area contributed by atoms with Crippen molar-refractivity contribution in [3.05, 3.63) is 41.5 Å². The zero-order valence-electron chi connectivity index (χ0n) is 14.5. The lowest BCUT2D eigenvalue weighted by Gasteiger charge is -2.12. The summed E-state index contributed by atoms with van der Waals surface area (Å²) in [4.78, 5) is 24.4. The third-order valence-electron chi connectivity index (χ3n) is 4.32. The molecule has 0 unspecified atom stereocenters. The van der Waals surface area contributed by atoms with Gasteiger partial charge in [0.05, 0.1) is 0 Å². The van der Waals surface area contributed by atoms with Crippen LogP contribution in [0, 0.1) is 0 Å². The number of tetrazole rings is 1. The minimum absolute atomic E-state index is 0.0193. The Balaban J connectivity index is 1.50. The average Bonchev–Trinajstić information content (AvgIpc) is 3.11. The zero-order chi connectivity index (χ0) is 18.4. The first-order valence-electron chi connectivity index (χ1n) is 8.74. The van der Waals surface area contributed by atoms with Gasteiger partial charge in [-0.05, 0) is 49.5 Å². The van der Waals surface area contributed by atoms with Gasteiger partial charge in [0, 0.05) is 17.7 Å². The van der Waals surface area contributed by atoms with Gasteiger partial charge in [0.1, 0.15) is 6.54 Å². The maximum absolute atomic E-state index is 12.0. The molecule has 0 fully saturated rings. The second-order valence-corrected chi connectivity index (χ2v) is 6.29. The molecule has 0 bridgehead atoms. The highest BCUT2D eigenvalue weighted by Crippen LogP contribution is 2.19. The van der Waals surface area contributed by atoms with E-state index in [1.165, 1.54) is 23.2 Å². The second-order valence-electron chi connectivity index (χ2n) is 6.29. The number of amides is 2. The van der Waals surface area contributed by atoms with E-state index in [1.807, 2.05) is 0 Å². The summed E-state index contributed by atoms with van der Waals surface area (Å²) in [6.07, 6.45) is 7.97. The Morgan fingerprint density at radius 1 is 1.19 bits per heavy atom. The van der Waals surface area contributed by atoms with Gasteiger partial charge in [-0.2, -0.15) is 4.80 Å². The topological polar surface area (TPSA) is 116 Å². The van der Waals surface area contributed by atoms with Gasteiger partial charge in [-0.15, -0.1) is 10.2 Å². The lowest BCUT2D eigenvalue weighted by molar-refractivity contribution is -0.122. The number of hydrogen-bond donors (Lipinski definition) is 2. The summed E-state index contributed by atoms with van der Waals surface area (Å²) in [6.45, 7) is 0.645. The molecule has 0 aliphatic heterocycles. The third kappa shape index (κ3) is 4.75. The number of rotatable bonds is 7. The quantitative estimate of drug-likeness (QED) is 0.730. The molecule has 0 saturated heterocycles. The first-order valence-corrected chi connectivity index (χ1v) is 8.74. The van der Waals surface area contributed by atoms with E-state index in [2.05, 4.69) is 26.8 Å². The van der Waals surface area contributed by atoms with Crippen molar-refractivity contribution in [2.45, 2.75) is 38.6 Å².